The number of nitrogen functional groups attached to an aromatic ring is 1. The normalized spacial score (nSPS) is 11.1. The van der Waals surface area contributed by atoms with Gasteiger partial charge in [-0.25, -0.2) is 9.97 Å². The summed E-state index contributed by atoms with van der Waals surface area (Å²) in [4.78, 5) is 12.6. The summed E-state index contributed by atoms with van der Waals surface area (Å²) >= 11 is 6.63. The number of thiazole rings is 1. The average molecular weight is 263 g/mol. The maximum atomic E-state index is 5.98. The minimum atomic E-state index is 0.624. The highest BCUT2D eigenvalue weighted by Gasteiger charge is 2.13. The number of rotatable bonds is 1. The molecule has 0 saturated carbocycles. The molecule has 0 atom stereocenters. The molecule has 17 heavy (non-hydrogen) atoms. The van der Waals surface area contributed by atoms with Crippen LogP contribution in [0.15, 0.2) is 18.3 Å². The molecule has 0 bridgehead atoms. The molecule has 0 aliphatic rings. The van der Waals surface area contributed by atoms with Gasteiger partial charge >= 0.3 is 0 Å². The first-order chi connectivity index (χ1) is 8.16. The molecule has 3 rings (SSSR count). The van der Waals surface area contributed by atoms with E-state index in [-0.39, 0.29) is 0 Å². The highest BCUT2D eigenvalue weighted by molar-refractivity contribution is 7.73. The quantitative estimate of drug-likeness (QED) is 0.661. The largest absolute Gasteiger partial charge is 0.384 e. The summed E-state index contributed by atoms with van der Waals surface area (Å²) in [5.74, 6) is 1.34. The van der Waals surface area contributed by atoms with E-state index in [1.54, 1.807) is 10.8 Å². The molecule has 0 radical (unpaired) electrons. The number of nitrogens with zero attached hydrogens (tertiary/aromatic N) is 3. The number of pyridine rings is 1. The van der Waals surface area contributed by atoms with Crippen LogP contribution in [0, 0.1) is 3.95 Å². The Balaban J connectivity index is 2.27. The van der Waals surface area contributed by atoms with Gasteiger partial charge in [-0.2, -0.15) is 0 Å². The van der Waals surface area contributed by atoms with Crippen molar-refractivity contribution >= 4 is 40.5 Å². The maximum Gasteiger partial charge on any atom is 0.178 e. The van der Waals surface area contributed by atoms with E-state index in [4.69, 9.17) is 18.0 Å². The van der Waals surface area contributed by atoms with Crippen LogP contribution < -0.4 is 5.73 Å². The summed E-state index contributed by atoms with van der Waals surface area (Å²) in [5.41, 5.74) is 7.56. The third kappa shape index (κ3) is 1.55. The first kappa shape index (κ1) is 10.4. The van der Waals surface area contributed by atoms with Gasteiger partial charge in [0.2, 0.25) is 0 Å². The lowest BCUT2D eigenvalue weighted by Crippen LogP contribution is -1.97. The molecule has 0 aromatic carbocycles. The number of imidazole rings is 1. The molecule has 0 spiro atoms. The molecule has 0 unspecified atom stereocenters. The summed E-state index contributed by atoms with van der Waals surface area (Å²) in [6.07, 6.45) is 1.71. The van der Waals surface area contributed by atoms with Crippen molar-refractivity contribution in [3.8, 4) is 10.7 Å². The Morgan fingerprint density at radius 2 is 2.35 bits per heavy atom. The summed E-state index contributed by atoms with van der Waals surface area (Å²) in [7, 11) is 1.85. The van der Waals surface area contributed by atoms with E-state index in [2.05, 4.69) is 15.0 Å². The number of hydrogen-bond donors (Lipinski definition) is 2. The van der Waals surface area contributed by atoms with Crippen molar-refractivity contribution in [3.63, 3.8) is 0 Å². The van der Waals surface area contributed by atoms with E-state index in [0.29, 0.717) is 17.3 Å². The summed E-state index contributed by atoms with van der Waals surface area (Å²) in [5, 5.41) is 0. The van der Waals surface area contributed by atoms with E-state index in [1.807, 2.05) is 19.2 Å². The van der Waals surface area contributed by atoms with Crippen LogP contribution in [0.3, 0.4) is 0 Å². The van der Waals surface area contributed by atoms with Crippen molar-refractivity contribution in [2.24, 2.45) is 7.05 Å². The Bertz CT molecular complexity index is 718. The smallest absolute Gasteiger partial charge is 0.178 e. The molecule has 0 saturated heterocycles. The number of H-pyrrole nitrogens is 1. The van der Waals surface area contributed by atoms with Gasteiger partial charge in [0.1, 0.15) is 10.7 Å². The molecule has 0 fully saturated rings. The number of aromatic nitrogens is 4. The number of nitrogens with one attached hydrogen (secondary N) is 1. The SMILES string of the molecule is Cn1c(N)c(-c2nc3ncccc3[nH]2)sc1=S. The second-order valence-electron chi connectivity index (χ2n) is 3.60. The fraction of sp³-hybridized carbons (Fsp3) is 0.100. The van der Waals surface area contributed by atoms with E-state index in [1.165, 1.54) is 11.3 Å². The van der Waals surface area contributed by atoms with Gasteiger partial charge in [-0.05, 0) is 24.4 Å². The monoisotopic (exact) mass is 263 g/mol. The third-order valence-corrected chi connectivity index (χ3v) is 4.11. The fourth-order valence-electron chi connectivity index (χ4n) is 1.58. The zero-order chi connectivity index (χ0) is 12.0. The number of anilines is 1. The molecule has 0 aliphatic carbocycles. The predicted octanol–water partition coefficient (Wildman–Crippen LogP) is 2.34. The topological polar surface area (TPSA) is 72.5 Å². The van der Waals surface area contributed by atoms with Gasteiger partial charge in [0.15, 0.2) is 15.4 Å². The van der Waals surface area contributed by atoms with E-state index >= 15 is 0 Å². The van der Waals surface area contributed by atoms with Crippen molar-refractivity contribution in [1.82, 2.24) is 19.5 Å². The molecule has 5 nitrogen and oxygen atoms in total. The molecule has 3 aromatic rings. The van der Waals surface area contributed by atoms with Crippen LogP contribution in [0.4, 0.5) is 5.82 Å². The fourth-order valence-corrected chi connectivity index (χ4v) is 2.77. The van der Waals surface area contributed by atoms with Gasteiger partial charge in [-0.15, -0.1) is 0 Å². The second kappa shape index (κ2) is 3.64. The van der Waals surface area contributed by atoms with Crippen molar-refractivity contribution in [2.75, 3.05) is 5.73 Å². The molecular formula is C10H9N5S2. The number of hydrogen-bond acceptors (Lipinski definition) is 5. The van der Waals surface area contributed by atoms with Crippen molar-refractivity contribution in [1.29, 1.82) is 0 Å². The Labute approximate surface area is 106 Å². The van der Waals surface area contributed by atoms with Crippen molar-refractivity contribution < 1.29 is 0 Å². The molecule has 86 valence electrons. The van der Waals surface area contributed by atoms with Crippen LogP contribution in [0.1, 0.15) is 0 Å². The van der Waals surface area contributed by atoms with Gasteiger partial charge in [0.05, 0.1) is 5.52 Å². The standard InChI is InChI=1S/C10H9N5S2/c1-15-7(11)6(17-10(15)16)9-13-5-3-2-4-12-8(5)14-9/h2-4H,11H2,1H3,(H,12,13,14). The van der Waals surface area contributed by atoms with Crippen LogP contribution in [0.25, 0.3) is 21.9 Å². The number of fused-ring (bicyclic) bond motifs is 1. The van der Waals surface area contributed by atoms with Crippen molar-refractivity contribution in [3.05, 3.63) is 22.3 Å². The predicted molar refractivity (Wildman–Crippen MR) is 71.4 cm³/mol. The minimum absolute atomic E-state index is 0.624. The Kier molecular flexibility index (Phi) is 2.23. The molecule has 7 heteroatoms. The Morgan fingerprint density at radius 3 is 3.00 bits per heavy atom. The molecule has 3 N–H and O–H groups in total. The van der Waals surface area contributed by atoms with Gasteiger partial charge < -0.3 is 15.3 Å². The molecule has 3 aromatic heterocycles. The van der Waals surface area contributed by atoms with E-state index in [9.17, 15) is 0 Å². The van der Waals surface area contributed by atoms with E-state index < -0.39 is 0 Å². The Hall–Kier alpha value is -1.73. The number of nitrogens with two attached hydrogens (primary N) is 1. The first-order valence-corrected chi connectivity index (χ1v) is 6.15. The zero-order valence-electron chi connectivity index (χ0n) is 8.97. The molecule has 3 heterocycles. The Morgan fingerprint density at radius 1 is 1.53 bits per heavy atom. The summed E-state index contributed by atoms with van der Waals surface area (Å²) in [6.45, 7) is 0. The summed E-state index contributed by atoms with van der Waals surface area (Å²) < 4.78 is 2.50. The van der Waals surface area contributed by atoms with Gasteiger partial charge in [0, 0.05) is 13.2 Å². The number of aromatic amines is 1. The average Bonchev–Trinajstić information content (AvgIpc) is 2.86. The highest BCUT2D eigenvalue weighted by atomic mass is 32.1. The molecular weight excluding hydrogens is 254 g/mol. The van der Waals surface area contributed by atoms with Crippen LogP contribution in [-0.4, -0.2) is 19.5 Å². The summed E-state index contributed by atoms with van der Waals surface area (Å²) in [6, 6.07) is 3.79. The lowest BCUT2D eigenvalue weighted by molar-refractivity contribution is 0.934. The lowest BCUT2D eigenvalue weighted by Gasteiger charge is -1.96. The van der Waals surface area contributed by atoms with Crippen LogP contribution in [-0.2, 0) is 7.05 Å². The first-order valence-electron chi connectivity index (χ1n) is 4.93. The molecule has 0 amide bonds. The maximum absolute atomic E-state index is 5.98. The zero-order valence-corrected chi connectivity index (χ0v) is 10.6. The van der Waals surface area contributed by atoms with Crippen molar-refractivity contribution in [2.45, 2.75) is 0 Å². The van der Waals surface area contributed by atoms with Gasteiger partial charge in [0.25, 0.3) is 0 Å². The minimum Gasteiger partial charge on any atom is -0.384 e. The van der Waals surface area contributed by atoms with Crippen LogP contribution >= 0.6 is 23.6 Å². The lowest BCUT2D eigenvalue weighted by atomic mass is 10.4. The highest BCUT2D eigenvalue weighted by Crippen LogP contribution is 2.31. The molecule has 0 aliphatic heterocycles. The van der Waals surface area contributed by atoms with Gasteiger partial charge in [-0.1, -0.05) is 11.3 Å². The van der Waals surface area contributed by atoms with Gasteiger partial charge in [-0.3, -0.25) is 0 Å². The third-order valence-electron chi connectivity index (χ3n) is 2.53. The van der Waals surface area contributed by atoms with Crippen LogP contribution in [0.5, 0.6) is 0 Å². The van der Waals surface area contributed by atoms with E-state index in [0.717, 1.165) is 14.3 Å². The second-order valence-corrected chi connectivity index (χ2v) is 5.25. The van der Waals surface area contributed by atoms with Crippen LogP contribution in [0.2, 0.25) is 0 Å².